The van der Waals surface area contributed by atoms with Crippen LogP contribution in [0.5, 0.6) is 5.75 Å². The van der Waals surface area contributed by atoms with Gasteiger partial charge in [0.25, 0.3) is 0 Å². The minimum Gasteiger partial charge on any atom is -0.497 e. The van der Waals surface area contributed by atoms with Crippen LogP contribution >= 0.6 is 0 Å². The highest BCUT2D eigenvalue weighted by Crippen LogP contribution is 2.26. The molecule has 132 valence electrons. The lowest BCUT2D eigenvalue weighted by Crippen LogP contribution is -2.37. The zero-order valence-electron chi connectivity index (χ0n) is 14.3. The van der Waals surface area contributed by atoms with E-state index in [4.69, 9.17) is 9.47 Å². The van der Waals surface area contributed by atoms with Crippen LogP contribution in [0.2, 0.25) is 0 Å². The molecule has 3 rings (SSSR count). The molecule has 1 fully saturated rings. The van der Waals surface area contributed by atoms with Gasteiger partial charge in [0.15, 0.2) is 0 Å². The molecule has 2 aromatic rings. The van der Waals surface area contributed by atoms with Crippen molar-refractivity contribution in [2.75, 3.05) is 43.6 Å². The van der Waals surface area contributed by atoms with Crippen molar-refractivity contribution in [3.8, 4) is 5.75 Å². The molecule has 0 spiro atoms. The summed E-state index contributed by atoms with van der Waals surface area (Å²) < 4.78 is 10.6. The minimum absolute atomic E-state index is 0.233. The summed E-state index contributed by atoms with van der Waals surface area (Å²) in [5, 5.41) is 5.82. The quantitative estimate of drug-likeness (QED) is 0.878. The molecule has 1 saturated heterocycles. The predicted octanol–water partition coefficient (Wildman–Crippen LogP) is 2.85. The van der Waals surface area contributed by atoms with E-state index >= 15 is 0 Å². The van der Waals surface area contributed by atoms with E-state index in [2.05, 4.69) is 15.5 Å². The number of rotatable bonds is 5. The van der Waals surface area contributed by atoms with Crippen molar-refractivity contribution >= 4 is 17.4 Å². The number of ether oxygens (including phenoxy) is 2. The number of methoxy groups -OCH3 is 1. The van der Waals surface area contributed by atoms with Crippen molar-refractivity contribution in [2.45, 2.75) is 6.54 Å². The first-order chi connectivity index (χ1) is 12.3. The van der Waals surface area contributed by atoms with Crippen LogP contribution in [0.1, 0.15) is 5.56 Å². The number of para-hydroxylation sites is 2. The van der Waals surface area contributed by atoms with Crippen LogP contribution in [0, 0.1) is 0 Å². The summed E-state index contributed by atoms with van der Waals surface area (Å²) >= 11 is 0. The number of amides is 2. The van der Waals surface area contributed by atoms with E-state index in [9.17, 15) is 4.79 Å². The van der Waals surface area contributed by atoms with E-state index in [0.29, 0.717) is 19.8 Å². The molecule has 2 N–H and O–H groups in total. The van der Waals surface area contributed by atoms with Gasteiger partial charge in [0.2, 0.25) is 0 Å². The molecule has 1 heterocycles. The Bertz CT molecular complexity index is 715. The van der Waals surface area contributed by atoms with Crippen LogP contribution in [0.25, 0.3) is 0 Å². The zero-order chi connectivity index (χ0) is 17.5. The number of benzene rings is 2. The van der Waals surface area contributed by atoms with Crippen molar-refractivity contribution in [2.24, 2.45) is 0 Å². The topological polar surface area (TPSA) is 62.8 Å². The Balaban J connectivity index is 1.61. The lowest BCUT2D eigenvalue weighted by atomic mass is 10.2. The third-order valence-corrected chi connectivity index (χ3v) is 4.09. The minimum atomic E-state index is -0.233. The van der Waals surface area contributed by atoms with Crippen molar-refractivity contribution in [1.82, 2.24) is 5.32 Å². The van der Waals surface area contributed by atoms with Gasteiger partial charge in [-0.05, 0) is 29.8 Å². The summed E-state index contributed by atoms with van der Waals surface area (Å²) in [6.45, 7) is 3.49. The smallest absolute Gasteiger partial charge is 0.319 e. The highest BCUT2D eigenvalue weighted by molar-refractivity contribution is 5.93. The van der Waals surface area contributed by atoms with Gasteiger partial charge < -0.3 is 25.0 Å². The molecule has 2 aromatic carbocycles. The Hall–Kier alpha value is -2.73. The fraction of sp³-hybridized carbons (Fsp3) is 0.316. The maximum atomic E-state index is 12.3. The largest absolute Gasteiger partial charge is 0.497 e. The molecule has 6 nitrogen and oxygen atoms in total. The van der Waals surface area contributed by atoms with Gasteiger partial charge in [-0.2, -0.15) is 0 Å². The summed E-state index contributed by atoms with van der Waals surface area (Å²) in [4.78, 5) is 14.5. The first kappa shape index (κ1) is 17.1. The molecule has 0 saturated carbocycles. The number of hydrogen-bond acceptors (Lipinski definition) is 4. The third-order valence-electron chi connectivity index (χ3n) is 4.09. The Morgan fingerprint density at radius 2 is 1.96 bits per heavy atom. The average Bonchev–Trinajstić information content (AvgIpc) is 2.68. The normalized spacial score (nSPS) is 14.0. The zero-order valence-corrected chi connectivity index (χ0v) is 14.3. The highest BCUT2D eigenvalue weighted by atomic mass is 16.5. The molecule has 0 radical (unpaired) electrons. The average molecular weight is 341 g/mol. The van der Waals surface area contributed by atoms with Crippen molar-refractivity contribution in [3.05, 3.63) is 54.1 Å². The van der Waals surface area contributed by atoms with Crippen LogP contribution in [-0.4, -0.2) is 39.4 Å². The van der Waals surface area contributed by atoms with E-state index in [1.807, 2.05) is 48.5 Å². The second-order valence-corrected chi connectivity index (χ2v) is 5.78. The van der Waals surface area contributed by atoms with Crippen LogP contribution in [0.15, 0.2) is 48.5 Å². The van der Waals surface area contributed by atoms with E-state index in [-0.39, 0.29) is 6.03 Å². The van der Waals surface area contributed by atoms with Gasteiger partial charge >= 0.3 is 6.03 Å². The molecule has 0 unspecified atom stereocenters. The number of carbonyl (C=O) groups excluding carboxylic acids is 1. The van der Waals surface area contributed by atoms with Gasteiger partial charge in [0, 0.05) is 19.6 Å². The Morgan fingerprint density at radius 1 is 1.16 bits per heavy atom. The van der Waals surface area contributed by atoms with Crippen LogP contribution in [-0.2, 0) is 11.3 Å². The molecule has 2 amide bonds. The van der Waals surface area contributed by atoms with Gasteiger partial charge in [-0.25, -0.2) is 4.79 Å². The second kappa shape index (κ2) is 8.39. The Morgan fingerprint density at radius 3 is 2.76 bits per heavy atom. The summed E-state index contributed by atoms with van der Waals surface area (Å²) in [6, 6.07) is 15.2. The highest BCUT2D eigenvalue weighted by Gasteiger charge is 2.15. The van der Waals surface area contributed by atoms with E-state index < -0.39 is 0 Å². The number of urea groups is 1. The standard InChI is InChI=1S/C19H23N3O3/c1-24-16-6-4-5-15(13-16)14-20-19(23)21-17-7-2-3-8-18(17)22-9-11-25-12-10-22/h2-8,13H,9-12,14H2,1H3,(H2,20,21,23). The number of hydrogen-bond donors (Lipinski definition) is 2. The lowest BCUT2D eigenvalue weighted by Gasteiger charge is -2.30. The Kier molecular flexibility index (Phi) is 5.74. The van der Waals surface area contributed by atoms with Gasteiger partial charge in [-0.15, -0.1) is 0 Å². The first-order valence-electron chi connectivity index (χ1n) is 8.36. The van der Waals surface area contributed by atoms with Gasteiger partial charge in [-0.3, -0.25) is 0 Å². The SMILES string of the molecule is COc1cccc(CNC(=O)Nc2ccccc2N2CCOCC2)c1. The van der Waals surface area contributed by atoms with Crippen molar-refractivity contribution in [1.29, 1.82) is 0 Å². The summed E-state index contributed by atoms with van der Waals surface area (Å²) in [5.74, 6) is 0.775. The van der Waals surface area contributed by atoms with Crippen LogP contribution < -0.4 is 20.3 Å². The summed E-state index contributed by atoms with van der Waals surface area (Å²) in [7, 11) is 1.63. The maximum absolute atomic E-state index is 12.3. The van der Waals surface area contributed by atoms with Crippen LogP contribution in [0.4, 0.5) is 16.2 Å². The molecule has 0 aromatic heterocycles. The second-order valence-electron chi connectivity index (χ2n) is 5.78. The van der Waals surface area contributed by atoms with E-state index in [0.717, 1.165) is 35.8 Å². The van der Waals surface area contributed by atoms with Gasteiger partial charge in [0.1, 0.15) is 5.75 Å². The lowest BCUT2D eigenvalue weighted by molar-refractivity contribution is 0.123. The summed E-state index contributed by atoms with van der Waals surface area (Å²) in [6.07, 6.45) is 0. The van der Waals surface area contributed by atoms with Crippen molar-refractivity contribution in [3.63, 3.8) is 0 Å². The van der Waals surface area contributed by atoms with E-state index in [1.165, 1.54) is 0 Å². The maximum Gasteiger partial charge on any atom is 0.319 e. The Labute approximate surface area is 147 Å². The van der Waals surface area contributed by atoms with Crippen molar-refractivity contribution < 1.29 is 14.3 Å². The predicted molar refractivity (Wildman–Crippen MR) is 98.3 cm³/mol. The molecule has 1 aliphatic rings. The number of anilines is 2. The molecule has 6 heteroatoms. The third kappa shape index (κ3) is 4.64. The number of morpholine rings is 1. The molecule has 0 atom stereocenters. The van der Waals surface area contributed by atoms with Gasteiger partial charge in [-0.1, -0.05) is 24.3 Å². The fourth-order valence-corrected chi connectivity index (χ4v) is 2.79. The van der Waals surface area contributed by atoms with E-state index in [1.54, 1.807) is 7.11 Å². The monoisotopic (exact) mass is 341 g/mol. The number of nitrogens with zero attached hydrogens (tertiary/aromatic N) is 1. The molecular weight excluding hydrogens is 318 g/mol. The molecule has 1 aliphatic heterocycles. The fourth-order valence-electron chi connectivity index (χ4n) is 2.79. The molecule has 0 aliphatic carbocycles. The molecular formula is C19H23N3O3. The number of carbonyl (C=O) groups is 1. The number of nitrogens with one attached hydrogen (secondary N) is 2. The molecule has 25 heavy (non-hydrogen) atoms. The van der Waals surface area contributed by atoms with Gasteiger partial charge in [0.05, 0.1) is 31.7 Å². The first-order valence-corrected chi connectivity index (χ1v) is 8.36. The molecule has 0 bridgehead atoms. The summed E-state index contributed by atoms with van der Waals surface area (Å²) in [5.41, 5.74) is 2.80. The van der Waals surface area contributed by atoms with Crippen LogP contribution in [0.3, 0.4) is 0 Å².